The molecule has 0 bridgehead atoms. The third-order valence-corrected chi connectivity index (χ3v) is 10.1. The number of fused-ring (bicyclic) bond motifs is 1. The highest BCUT2D eigenvalue weighted by molar-refractivity contribution is 6.32. The summed E-state index contributed by atoms with van der Waals surface area (Å²) in [5, 5.41) is 9.19. The fourth-order valence-electron chi connectivity index (χ4n) is 6.28. The molecule has 9 rings (SSSR count). The van der Waals surface area contributed by atoms with Gasteiger partial charge in [-0.15, -0.1) is 5.10 Å². The fourth-order valence-corrected chi connectivity index (χ4v) is 6.79. The molecule has 0 radical (unpaired) electrons. The van der Waals surface area contributed by atoms with Gasteiger partial charge in [-0.05, 0) is 78.9 Å². The largest absolute Gasteiger partial charge is 0.497 e. The van der Waals surface area contributed by atoms with Gasteiger partial charge in [0.1, 0.15) is 44.0 Å². The standard InChI is InChI=1S/C25H21N7O.C13H13ClN2O.C8H11NO.C4H2Cl2N2/c1-17(33)13-20-14-26-16-22(29-20)24-30-25(28-15-19-9-5-6-11-27-19)23-21(10-12-32(23)31-24)18-7-3-2-4-8-18;1-17-12-6-3-10(4-7-12)2-5-11-8-15-9-13(14)16-11;1-10-8-4-2-7(6-9)3-5-8;5-3-1-7-2-4(6)8-3/h2-12,14,16H,13,15H2,1H3,(H,28,30,31);3-4,6-9H,2,5H2,1H3;2-5H,6,9H2,1H3;1-2H. The Balaban J connectivity index is 0.000000179. The maximum Gasteiger partial charge on any atom is 0.202 e. The summed E-state index contributed by atoms with van der Waals surface area (Å²) in [6.07, 6.45) is 15.0. The zero-order valence-corrected chi connectivity index (χ0v) is 39.6. The average molecular weight is 970 g/mol. The van der Waals surface area contributed by atoms with E-state index in [1.807, 2.05) is 85.1 Å². The van der Waals surface area contributed by atoms with Crippen LogP contribution in [0.4, 0.5) is 5.82 Å². The number of halogens is 3. The van der Waals surface area contributed by atoms with Crippen molar-refractivity contribution in [1.82, 2.24) is 49.5 Å². The number of aromatic nitrogens is 10. The number of carbonyl (C=O) groups excluding carboxylic acids is 1. The molecule has 0 spiro atoms. The highest BCUT2D eigenvalue weighted by Crippen LogP contribution is 2.31. The second kappa shape index (κ2) is 26.0. The lowest BCUT2D eigenvalue weighted by atomic mass is 10.1. The molecule has 346 valence electrons. The number of rotatable bonds is 13. The lowest BCUT2D eigenvalue weighted by Gasteiger charge is -2.11. The Morgan fingerprint density at radius 1 is 0.647 bits per heavy atom. The van der Waals surface area contributed by atoms with E-state index in [4.69, 9.17) is 60.1 Å². The van der Waals surface area contributed by atoms with Crippen molar-refractivity contribution in [2.45, 2.75) is 39.3 Å². The van der Waals surface area contributed by atoms with Crippen LogP contribution in [-0.2, 0) is 37.1 Å². The number of anilines is 1. The van der Waals surface area contributed by atoms with E-state index in [9.17, 15) is 4.79 Å². The van der Waals surface area contributed by atoms with Gasteiger partial charge in [0.25, 0.3) is 0 Å². The number of methoxy groups -OCH3 is 2. The van der Waals surface area contributed by atoms with Crippen molar-refractivity contribution in [3.05, 3.63) is 196 Å². The van der Waals surface area contributed by atoms with Crippen molar-refractivity contribution in [2.75, 3.05) is 19.5 Å². The Morgan fingerprint density at radius 3 is 1.85 bits per heavy atom. The van der Waals surface area contributed by atoms with Gasteiger partial charge in [0.05, 0.1) is 62.6 Å². The van der Waals surface area contributed by atoms with Crippen LogP contribution in [0.25, 0.3) is 28.2 Å². The maximum atomic E-state index is 11.5. The van der Waals surface area contributed by atoms with E-state index in [0.717, 1.165) is 57.9 Å². The van der Waals surface area contributed by atoms with Gasteiger partial charge >= 0.3 is 0 Å². The molecule has 0 saturated carbocycles. The van der Waals surface area contributed by atoms with Crippen LogP contribution < -0.4 is 20.5 Å². The predicted octanol–water partition coefficient (Wildman–Crippen LogP) is 9.85. The molecule has 0 aliphatic carbocycles. The summed E-state index contributed by atoms with van der Waals surface area (Å²) >= 11 is 16.5. The minimum atomic E-state index is 0.0217. The number of carbonyl (C=O) groups is 1. The molecule has 9 aromatic rings. The number of nitrogens with one attached hydrogen (secondary N) is 1. The van der Waals surface area contributed by atoms with Crippen LogP contribution in [0, 0.1) is 0 Å². The second-order valence-corrected chi connectivity index (χ2v) is 15.7. The van der Waals surface area contributed by atoms with E-state index in [1.165, 1.54) is 24.9 Å². The first-order valence-corrected chi connectivity index (χ1v) is 22.2. The van der Waals surface area contributed by atoms with Crippen molar-refractivity contribution in [3.63, 3.8) is 0 Å². The van der Waals surface area contributed by atoms with Gasteiger partial charge in [-0.2, -0.15) is 0 Å². The molecular weight excluding hydrogens is 923 g/mol. The van der Waals surface area contributed by atoms with Gasteiger partial charge in [0, 0.05) is 43.3 Å². The van der Waals surface area contributed by atoms with Crippen LogP contribution in [0.15, 0.2) is 153 Å². The van der Waals surface area contributed by atoms with E-state index >= 15 is 0 Å². The lowest BCUT2D eigenvalue weighted by Crippen LogP contribution is -2.09. The number of nitrogens with two attached hydrogens (primary N) is 1. The second-order valence-electron chi connectivity index (χ2n) is 14.5. The van der Waals surface area contributed by atoms with E-state index in [-0.39, 0.29) is 12.2 Å². The number of hydrogen-bond donors (Lipinski definition) is 2. The molecule has 0 atom stereocenters. The molecular formula is C50H47Cl3N12O3. The number of aryl methyl sites for hydroxylation is 2. The minimum absolute atomic E-state index is 0.0217. The highest BCUT2D eigenvalue weighted by atomic mass is 35.5. The monoisotopic (exact) mass is 968 g/mol. The topological polar surface area (TPSA) is 194 Å². The number of Topliss-reactive ketones (excluding diaryl/α,β-unsaturated/α-hetero) is 1. The smallest absolute Gasteiger partial charge is 0.202 e. The summed E-state index contributed by atoms with van der Waals surface area (Å²) in [5.41, 5.74) is 13.6. The summed E-state index contributed by atoms with van der Waals surface area (Å²) in [6.45, 7) is 2.62. The first-order chi connectivity index (χ1) is 33.1. The number of benzene rings is 3. The molecule has 3 aromatic carbocycles. The number of ether oxygens (including phenoxy) is 2. The van der Waals surface area contributed by atoms with Crippen LogP contribution in [0.1, 0.15) is 35.1 Å². The van der Waals surface area contributed by atoms with Gasteiger partial charge in [-0.3, -0.25) is 24.7 Å². The molecule has 0 saturated heterocycles. The van der Waals surface area contributed by atoms with E-state index in [2.05, 4.69) is 64.5 Å². The van der Waals surface area contributed by atoms with Crippen molar-refractivity contribution < 1.29 is 14.3 Å². The molecule has 18 heteroatoms. The number of ketones is 1. The summed E-state index contributed by atoms with van der Waals surface area (Å²) in [7, 11) is 3.31. The molecule has 6 heterocycles. The highest BCUT2D eigenvalue weighted by Gasteiger charge is 2.17. The van der Waals surface area contributed by atoms with Gasteiger partial charge in [0.15, 0.2) is 5.82 Å². The first kappa shape index (κ1) is 50.0. The normalized spacial score (nSPS) is 10.3. The molecule has 6 aromatic heterocycles. The molecule has 15 nitrogen and oxygen atoms in total. The van der Waals surface area contributed by atoms with Crippen LogP contribution in [0.3, 0.4) is 0 Å². The number of pyridine rings is 1. The quantitative estimate of drug-likeness (QED) is 0.111. The van der Waals surface area contributed by atoms with Crippen molar-refractivity contribution >= 4 is 51.9 Å². The van der Waals surface area contributed by atoms with Crippen LogP contribution in [0.2, 0.25) is 15.5 Å². The minimum Gasteiger partial charge on any atom is -0.497 e. The van der Waals surface area contributed by atoms with Crippen molar-refractivity contribution in [1.29, 1.82) is 0 Å². The van der Waals surface area contributed by atoms with Crippen LogP contribution >= 0.6 is 34.8 Å². The zero-order chi connectivity index (χ0) is 48.1. The molecule has 3 N–H and O–H groups in total. The summed E-state index contributed by atoms with van der Waals surface area (Å²) < 4.78 is 11.9. The Hall–Kier alpha value is -7.43. The van der Waals surface area contributed by atoms with Crippen molar-refractivity contribution in [2.24, 2.45) is 5.73 Å². The molecule has 0 amide bonds. The third kappa shape index (κ3) is 15.6. The van der Waals surface area contributed by atoms with Crippen LogP contribution in [0.5, 0.6) is 11.5 Å². The number of nitrogens with zero attached hydrogens (tertiary/aromatic N) is 10. The Bertz CT molecular complexity index is 2930. The summed E-state index contributed by atoms with van der Waals surface area (Å²) in [4.78, 5) is 45.0. The fraction of sp³-hybridized carbons (Fsp3) is 0.160. The summed E-state index contributed by atoms with van der Waals surface area (Å²) in [5.74, 6) is 2.84. The van der Waals surface area contributed by atoms with Gasteiger partial charge in [-0.1, -0.05) is 95.5 Å². The maximum absolute atomic E-state index is 11.5. The van der Waals surface area contributed by atoms with Gasteiger partial charge in [-0.25, -0.2) is 24.5 Å². The first-order valence-electron chi connectivity index (χ1n) is 21.1. The number of hydrogen-bond acceptors (Lipinski definition) is 14. The predicted molar refractivity (Wildman–Crippen MR) is 266 cm³/mol. The third-order valence-electron chi connectivity index (χ3n) is 9.56. The molecule has 0 aliphatic heterocycles. The van der Waals surface area contributed by atoms with Gasteiger partial charge < -0.3 is 20.5 Å². The zero-order valence-electron chi connectivity index (χ0n) is 37.4. The summed E-state index contributed by atoms with van der Waals surface area (Å²) in [6, 6.07) is 33.7. The Morgan fingerprint density at radius 2 is 1.26 bits per heavy atom. The van der Waals surface area contributed by atoms with E-state index < -0.39 is 0 Å². The van der Waals surface area contributed by atoms with E-state index in [0.29, 0.717) is 51.6 Å². The molecule has 68 heavy (non-hydrogen) atoms. The molecule has 0 unspecified atom stereocenters. The van der Waals surface area contributed by atoms with Crippen LogP contribution in [-0.4, -0.2) is 69.5 Å². The molecule has 0 aliphatic rings. The SMILES string of the molecule is CC(=O)Cc1cncc(-c2nc(NCc3ccccn3)c3c(-c4ccccc4)ccn3n2)n1.COc1ccc(CCc2cncc(Cl)n2)cc1.COc1ccc(CN)cc1.Clc1cncc(Cl)n1. The Kier molecular flexibility index (Phi) is 19.2. The van der Waals surface area contributed by atoms with E-state index in [1.54, 1.807) is 49.7 Å². The van der Waals surface area contributed by atoms with Gasteiger partial charge in [0.2, 0.25) is 5.82 Å². The molecule has 0 fully saturated rings. The lowest BCUT2D eigenvalue weighted by molar-refractivity contribution is -0.116. The van der Waals surface area contributed by atoms with Crippen molar-refractivity contribution in [3.8, 4) is 34.1 Å². The average Bonchev–Trinajstić information content (AvgIpc) is 3.81. The Labute approximate surface area is 408 Å².